The predicted molar refractivity (Wildman–Crippen MR) is 90.0 cm³/mol. The highest BCUT2D eigenvalue weighted by atomic mass is 19.2. The van der Waals surface area contributed by atoms with E-state index in [1.807, 2.05) is 6.92 Å². The number of ether oxygens (including phenoxy) is 2. The third-order valence-corrected chi connectivity index (χ3v) is 3.77. The molecule has 0 aliphatic heterocycles. The summed E-state index contributed by atoms with van der Waals surface area (Å²) < 4.78 is 46.9. The molecule has 23 heavy (non-hydrogen) atoms. The molecule has 0 aromatic carbocycles. The highest BCUT2D eigenvalue weighted by molar-refractivity contribution is 5.28. The maximum absolute atomic E-state index is 12.8. The van der Waals surface area contributed by atoms with Gasteiger partial charge in [-0.15, -0.1) is 0 Å². The molecule has 0 fully saturated rings. The third-order valence-electron chi connectivity index (χ3n) is 3.77. The maximum atomic E-state index is 12.8. The summed E-state index contributed by atoms with van der Waals surface area (Å²) in [6, 6.07) is 0. The van der Waals surface area contributed by atoms with Crippen LogP contribution < -0.4 is 0 Å². The molecule has 3 atom stereocenters. The van der Waals surface area contributed by atoms with Crippen LogP contribution in [0.2, 0.25) is 0 Å². The molecule has 2 nitrogen and oxygen atoms in total. The molecule has 5 heteroatoms. The van der Waals surface area contributed by atoms with Crippen LogP contribution in [-0.4, -0.2) is 20.4 Å². The quantitative estimate of drug-likeness (QED) is 0.365. The minimum atomic E-state index is -1.20. The Balaban J connectivity index is 0. The number of rotatable bonds is 9. The smallest absolute Gasteiger partial charge is 0.203 e. The first-order valence-electron chi connectivity index (χ1n) is 7.78. The van der Waals surface area contributed by atoms with Crippen molar-refractivity contribution in [3.05, 3.63) is 36.3 Å². The Morgan fingerprint density at radius 1 is 0.913 bits per heavy atom. The van der Waals surface area contributed by atoms with Crippen molar-refractivity contribution in [2.75, 3.05) is 14.2 Å². The van der Waals surface area contributed by atoms with E-state index in [0.29, 0.717) is 0 Å². The molecule has 0 aromatic rings. The largest absolute Gasteiger partial charge is 0.494 e. The van der Waals surface area contributed by atoms with Crippen LogP contribution in [0.4, 0.5) is 13.2 Å². The molecule has 0 saturated heterocycles. The van der Waals surface area contributed by atoms with Crippen molar-refractivity contribution < 1.29 is 22.6 Å². The maximum Gasteiger partial charge on any atom is 0.203 e. The first-order valence-corrected chi connectivity index (χ1v) is 7.78. The lowest BCUT2D eigenvalue weighted by molar-refractivity contribution is 0.240. The second-order valence-electron chi connectivity index (χ2n) is 5.63. The Hall–Kier alpha value is -1.39. The molecule has 0 rings (SSSR count). The van der Waals surface area contributed by atoms with Gasteiger partial charge in [0.1, 0.15) is 0 Å². The molecule has 0 aliphatic carbocycles. The van der Waals surface area contributed by atoms with Crippen molar-refractivity contribution in [1.29, 1.82) is 0 Å². The lowest BCUT2D eigenvalue weighted by Crippen LogP contribution is -2.09. The zero-order valence-electron chi connectivity index (χ0n) is 15.2. The van der Waals surface area contributed by atoms with Gasteiger partial charge in [-0.25, -0.2) is 4.39 Å². The van der Waals surface area contributed by atoms with Gasteiger partial charge in [-0.2, -0.15) is 8.78 Å². The first-order chi connectivity index (χ1) is 10.6. The molecule has 0 aliphatic rings. The van der Waals surface area contributed by atoms with E-state index < -0.39 is 29.3 Å². The summed E-state index contributed by atoms with van der Waals surface area (Å²) in [5.74, 6) is -2.20. The molecule has 136 valence electrons. The van der Waals surface area contributed by atoms with Crippen LogP contribution in [0.1, 0.15) is 47.0 Å². The van der Waals surface area contributed by atoms with E-state index in [9.17, 15) is 13.2 Å². The number of allylic oxidation sites excluding steroid dienone is 2. The summed E-state index contributed by atoms with van der Waals surface area (Å²) in [5, 5.41) is 0. The zero-order valence-corrected chi connectivity index (χ0v) is 15.2. The van der Waals surface area contributed by atoms with E-state index in [1.54, 1.807) is 6.92 Å². The van der Waals surface area contributed by atoms with Gasteiger partial charge in [-0.1, -0.05) is 46.8 Å². The summed E-state index contributed by atoms with van der Waals surface area (Å²) in [4.78, 5) is 0. The lowest BCUT2D eigenvalue weighted by atomic mass is 9.94. The molecule has 0 aromatic heterocycles. The Kier molecular flexibility index (Phi) is 13.6. The lowest BCUT2D eigenvalue weighted by Gasteiger charge is -2.14. The average molecular weight is 336 g/mol. The highest BCUT2D eigenvalue weighted by Gasteiger charge is 2.13. The van der Waals surface area contributed by atoms with E-state index in [0.717, 1.165) is 12.3 Å². The Labute approximate surface area is 139 Å². The van der Waals surface area contributed by atoms with Crippen LogP contribution in [-0.2, 0) is 9.47 Å². The fraction of sp³-hybridized carbons (Fsp3) is 0.667. The van der Waals surface area contributed by atoms with Crippen LogP contribution in [0.15, 0.2) is 36.3 Å². The van der Waals surface area contributed by atoms with E-state index >= 15 is 0 Å². The van der Waals surface area contributed by atoms with Gasteiger partial charge in [-0.05, 0) is 25.2 Å². The van der Waals surface area contributed by atoms with Gasteiger partial charge in [0.25, 0.3) is 0 Å². The Bertz CT molecular complexity index is 366. The average Bonchev–Trinajstić information content (AvgIpc) is 2.56. The minimum absolute atomic E-state index is 0.240. The van der Waals surface area contributed by atoms with Gasteiger partial charge in [-0.3, -0.25) is 0 Å². The van der Waals surface area contributed by atoms with Gasteiger partial charge >= 0.3 is 0 Å². The number of hydrogen-bond acceptors (Lipinski definition) is 2. The molecular formula is C18H31F3O2. The molecule has 0 bridgehead atoms. The van der Waals surface area contributed by atoms with Crippen LogP contribution >= 0.6 is 0 Å². The number of hydrogen-bond donors (Lipinski definition) is 0. The molecule has 0 saturated carbocycles. The highest BCUT2D eigenvalue weighted by Crippen LogP contribution is 2.22. The van der Waals surface area contributed by atoms with E-state index in [2.05, 4.69) is 36.5 Å². The summed E-state index contributed by atoms with van der Waals surface area (Å²) in [7, 11) is 2.37. The van der Waals surface area contributed by atoms with Gasteiger partial charge in [0.05, 0.1) is 20.4 Å². The number of alkyl halides is 1. The van der Waals surface area contributed by atoms with Gasteiger partial charge < -0.3 is 9.47 Å². The summed E-state index contributed by atoms with van der Waals surface area (Å²) in [5.41, 5.74) is 0. The van der Waals surface area contributed by atoms with Crippen molar-refractivity contribution in [2.45, 2.75) is 53.1 Å². The Morgan fingerprint density at radius 3 is 1.57 bits per heavy atom. The fourth-order valence-electron chi connectivity index (χ4n) is 1.41. The van der Waals surface area contributed by atoms with Crippen molar-refractivity contribution in [2.24, 2.45) is 11.8 Å². The van der Waals surface area contributed by atoms with Crippen molar-refractivity contribution in [3.8, 4) is 0 Å². The summed E-state index contributed by atoms with van der Waals surface area (Å²) in [6.45, 7) is 14.3. The molecular weight excluding hydrogens is 305 g/mol. The normalized spacial score (nSPS) is 15.3. The summed E-state index contributed by atoms with van der Waals surface area (Å²) >= 11 is 0. The van der Waals surface area contributed by atoms with Crippen molar-refractivity contribution in [3.63, 3.8) is 0 Å². The zero-order chi connectivity index (χ0) is 18.6. The molecule has 0 amide bonds. The van der Waals surface area contributed by atoms with Gasteiger partial charge in [0.2, 0.25) is 11.7 Å². The second-order valence-corrected chi connectivity index (χ2v) is 5.63. The summed E-state index contributed by atoms with van der Waals surface area (Å²) in [6.07, 6.45) is 2.78. The standard InChI is InChI=1S/C10H21F.C8H10F2O2/c1-5-8(2)6-7-9(3)10(4)11;1-5(11-3)7(9)8(10)6(2)12-4/h8-10H,5-7H2,1-4H3;1-2H2,3-4H3/b;8-7-. The minimum Gasteiger partial charge on any atom is -0.494 e. The van der Waals surface area contributed by atoms with Crippen LogP contribution in [0.3, 0.4) is 0 Å². The third kappa shape index (κ3) is 10.9. The first kappa shape index (κ1) is 23.9. The van der Waals surface area contributed by atoms with Gasteiger partial charge in [0.15, 0.2) is 11.5 Å². The molecule has 0 N–H and O–H groups in total. The monoisotopic (exact) mass is 336 g/mol. The molecule has 3 unspecified atom stereocenters. The van der Waals surface area contributed by atoms with E-state index in [4.69, 9.17) is 0 Å². The van der Waals surface area contributed by atoms with E-state index in [-0.39, 0.29) is 5.92 Å². The van der Waals surface area contributed by atoms with Crippen molar-refractivity contribution >= 4 is 0 Å². The van der Waals surface area contributed by atoms with Gasteiger partial charge in [0, 0.05) is 0 Å². The second kappa shape index (κ2) is 13.1. The molecule has 0 radical (unpaired) electrons. The van der Waals surface area contributed by atoms with Crippen LogP contribution in [0.5, 0.6) is 0 Å². The molecule has 0 spiro atoms. The van der Waals surface area contributed by atoms with Crippen molar-refractivity contribution in [1.82, 2.24) is 0 Å². The van der Waals surface area contributed by atoms with Crippen LogP contribution in [0.25, 0.3) is 0 Å². The van der Waals surface area contributed by atoms with E-state index in [1.165, 1.54) is 27.1 Å². The van der Waals surface area contributed by atoms with Crippen LogP contribution in [0, 0.1) is 11.8 Å². The number of halogens is 3. The Morgan fingerprint density at radius 2 is 1.30 bits per heavy atom. The SMILES string of the molecule is C=C(OC)/C(F)=C(/F)C(=C)OC.CCC(C)CCC(C)C(C)F. The predicted octanol–water partition coefficient (Wildman–Crippen LogP) is 6.26. The number of methoxy groups -OCH3 is 2. The molecule has 0 heterocycles. The topological polar surface area (TPSA) is 18.5 Å². The fourth-order valence-corrected chi connectivity index (χ4v) is 1.41.